The molecule has 3 rings (SSSR count). The van der Waals surface area contributed by atoms with Crippen molar-refractivity contribution in [3.8, 4) is 11.1 Å². The maximum atomic E-state index is 12.5. The zero-order valence-corrected chi connectivity index (χ0v) is 17.4. The summed E-state index contributed by atoms with van der Waals surface area (Å²) in [5.41, 5.74) is 4.63. The lowest BCUT2D eigenvalue weighted by Crippen LogP contribution is -2.36. The van der Waals surface area contributed by atoms with Gasteiger partial charge >= 0.3 is 0 Å². The third-order valence-electron chi connectivity index (χ3n) is 4.38. The van der Waals surface area contributed by atoms with Crippen LogP contribution in [0, 0.1) is 13.8 Å². The molecule has 0 aliphatic heterocycles. The number of carbonyl (C=O) groups is 1. The Labute approximate surface area is 169 Å². The molecule has 146 valence electrons. The lowest BCUT2D eigenvalue weighted by atomic mass is 10.0. The minimum atomic E-state index is -3.74. The van der Waals surface area contributed by atoms with E-state index in [4.69, 9.17) is 0 Å². The number of rotatable bonds is 7. The number of nitrogens with one attached hydrogen (secondary N) is 2. The minimum absolute atomic E-state index is 0.197. The Morgan fingerprint density at radius 1 is 1.07 bits per heavy atom. The highest BCUT2D eigenvalue weighted by atomic mass is 32.2. The summed E-state index contributed by atoms with van der Waals surface area (Å²) in [6.45, 7) is 3.58. The van der Waals surface area contributed by atoms with Crippen molar-refractivity contribution in [1.82, 2.24) is 10.0 Å². The van der Waals surface area contributed by atoms with Crippen molar-refractivity contribution in [2.75, 3.05) is 6.54 Å². The topological polar surface area (TPSA) is 75.3 Å². The fourth-order valence-corrected chi connectivity index (χ4v) is 4.83. The van der Waals surface area contributed by atoms with E-state index in [-0.39, 0.29) is 17.3 Å². The maximum absolute atomic E-state index is 12.5. The van der Waals surface area contributed by atoms with E-state index in [1.807, 2.05) is 48.7 Å². The second kappa shape index (κ2) is 8.68. The quantitative estimate of drug-likeness (QED) is 0.620. The van der Waals surface area contributed by atoms with E-state index in [0.717, 1.165) is 22.3 Å². The van der Waals surface area contributed by atoms with Crippen molar-refractivity contribution in [2.45, 2.75) is 25.3 Å². The van der Waals surface area contributed by atoms with Crippen LogP contribution in [0.1, 0.15) is 16.7 Å². The molecule has 1 aromatic heterocycles. The molecule has 0 fully saturated rings. The highest BCUT2D eigenvalue weighted by Crippen LogP contribution is 2.25. The summed E-state index contributed by atoms with van der Waals surface area (Å²) in [6.07, 6.45) is 0. The first kappa shape index (κ1) is 20.3. The number of hydrogen-bond donors (Lipinski definition) is 2. The summed E-state index contributed by atoms with van der Waals surface area (Å²) >= 11 is 1.61. The van der Waals surface area contributed by atoms with Gasteiger partial charge in [-0.05, 0) is 64.6 Å². The average Bonchev–Trinajstić information content (AvgIpc) is 3.21. The Kier molecular flexibility index (Phi) is 6.28. The lowest BCUT2D eigenvalue weighted by molar-refractivity contribution is -0.120. The van der Waals surface area contributed by atoms with Crippen LogP contribution in [0.15, 0.2) is 64.2 Å². The number of aryl methyl sites for hydroxylation is 2. The number of benzene rings is 2. The van der Waals surface area contributed by atoms with Gasteiger partial charge in [0, 0.05) is 6.54 Å². The fraction of sp³-hybridized carbons (Fsp3) is 0.190. The van der Waals surface area contributed by atoms with Crippen LogP contribution in [0.4, 0.5) is 0 Å². The predicted molar refractivity (Wildman–Crippen MR) is 113 cm³/mol. The number of thiophene rings is 1. The molecule has 0 radical (unpaired) electrons. The molecule has 0 atom stereocenters. The van der Waals surface area contributed by atoms with E-state index < -0.39 is 10.0 Å². The summed E-state index contributed by atoms with van der Waals surface area (Å²) < 4.78 is 27.4. The third kappa shape index (κ3) is 4.86. The van der Waals surface area contributed by atoms with E-state index >= 15 is 0 Å². The SMILES string of the molecule is Cc1ccc(C)c(S(=O)(=O)NCC(=O)NCc2ccccc2-c2ccsc2)c1. The molecule has 1 amide bonds. The summed E-state index contributed by atoms with van der Waals surface area (Å²) in [4.78, 5) is 12.4. The molecule has 0 spiro atoms. The summed E-state index contributed by atoms with van der Waals surface area (Å²) in [5, 5.41) is 6.85. The third-order valence-corrected chi connectivity index (χ3v) is 6.61. The van der Waals surface area contributed by atoms with Crippen LogP contribution >= 0.6 is 11.3 Å². The Morgan fingerprint density at radius 3 is 2.61 bits per heavy atom. The minimum Gasteiger partial charge on any atom is -0.351 e. The van der Waals surface area contributed by atoms with E-state index in [0.29, 0.717) is 12.1 Å². The smallest absolute Gasteiger partial charge is 0.241 e. The number of carbonyl (C=O) groups excluding carboxylic acids is 1. The van der Waals surface area contributed by atoms with Crippen LogP contribution in [0.5, 0.6) is 0 Å². The van der Waals surface area contributed by atoms with Crippen molar-refractivity contribution in [3.05, 3.63) is 76.0 Å². The second-order valence-corrected chi connectivity index (χ2v) is 9.05. The van der Waals surface area contributed by atoms with E-state index in [1.165, 1.54) is 0 Å². The van der Waals surface area contributed by atoms with Gasteiger partial charge in [-0.15, -0.1) is 0 Å². The van der Waals surface area contributed by atoms with Crippen molar-refractivity contribution in [1.29, 1.82) is 0 Å². The first-order valence-corrected chi connectivity index (χ1v) is 11.2. The summed E-state index contributed by atoms with van der Waals surface area (Å²) in [5.74, 6) is -0.381. The summed E-state index contributed by atoms with van der Waals surface area (Å²) in [6, 6.07) is 15.1. The van der Waals surface area contributed by atoms with Gasteiger partial charge in [-0.3, -0.25) is 4.79 Å². The second-order valence-electron chi connectivity index (χ2n) is 6.54. The van der Waals surface area contributed by atoms with Crippen molar-refractivity contribution < 1.29 is 13.2 Å². The van der Waals surface area contributed by atoms with Gasteiger partial charge in [-0.1, -0.05) is 36.4 Å². The molecule has 0 bridgehead atoms. The highest BCUT2D eigenvalue weighted by Gasteiger charge is 2.18. The van der Waals surface area contributed by atoms with Crippen LogP contribution in [0.25, 0.3) is 11.1 Å². The maximum Gasteiger partial charge on any atom is 0.241 e. The Bertz CT molecular complexity index is 1070. The monoisotopic (exact) mass is 414 g/mol. The highest BCUT2D eigenvalue weighted by molar-refractivity contribution is 7.89. The van der Waals surface area contributed by atoms with Crippen LogP contribution in [-0.4, -0.2) is 20.9 Å². The van der Waals surface area contributed by atoms with Gasteiger partial charge in [0.15, 0.2) is 0 Å². The molecule has 7 heteroatoms. The molecule has 0 aliphatic rings. The molecular weight excluding hydrogens is 392 g/mol. The molecule has 3 aromatic rings. The Morgan fingerprint density at radius 2 is 1.86 bits per heavy atom. The molecule has 5 nitrogen and oxygen atoms in total. The molecule has 2 aromatic carbocycles. The van der Waals surface area contributed by atoms with Crippen LogP contribution < -0.4 is 10.0 Å². The van der Waals surface area contributed by atoms with E-state index in [9.17, 15) is 13.2 Å². The first-order chi connectivity index (χ1) is 13.4. The molecule has 2 N–H and O–H groups in total. The molecule has 0 saturated carbocycles. The van der Waals surface area contributed by atoms with Gasteiger partial charge in [-0.25, -0.2) is 13.1 Å². The summed E-state index contributed by atoms with van der Waals surface area (Å²) in [7, 11) is -3.74. The molecule has 0 aliphatic carbocycles. The van der Waals surface area contributed by atoms with Gasteiger partial charge in [0.2, 0.25) is 15.9 Å². The van der Waals surface area contributed by atoms with E-state index in [2.05, 4.69) is 15.4 Å². The number of sulfonamides is 1. The molecular formula is C21H22N2O3S2. The Balaban J connectivity index is 1.62. The van der Waals surface area contributed by atoms with Gasteiger partial charge in [0.1, 0.15) is 0 Å². The normalized spacial score (nSPS) is 11.4. The Hall–Kier alpha value is -2.48. The molecule has 28 heavy (non-hydrogen) atoms. The lowest BCUT2D eigenvalue weighted by Gasteiger charge is -2.12. The number of amides is 1. The van der Waals surface area contributed by atoms with Crippen LogP contribution in [0.2, 0.25) is 0 Å². The van der Waals surface area contributed by atoms with Crippen molar-refractivity contribution >= 4 is 27.3 Å². The largest absolute Gasteiger partial charge is 0.351 e. The predicted octanol–water partition coefficient (Wildman–Crippen LogP) is 3.63. The van der Waals surface area contributed by atoms with Crippen molar-refractivity contribution in [2.24, 2.45) is 0 Å². The van der Waals surface area contributed by atoms with Gasteiger partial charge in [0.25, 0.3) is 0 Å². The average molecular weight is 415 g/mol. The zero-order chi connectivity index (χ0) is 20.1. The standard InChI is InChI=1S/C21H22N2O3S2/c1-15-7-8-16(2)20(11-15)28(25,26)23-13-21(24)22-12-17-5-3-4-6-19(17)18-9-10-27-14-18/h3-11,14,23H,12-13H2,1-2H3,(H,22,24). The van der Waals surface area contributed by atoms with Crippen LogP contribution in [0.3, 0.4) is 0 Å². The zero-order valence-electron chi connectivity index (χ0n) is 15.7. The van der Waals surface area contributed by atoms with Gasteiger partial charge in [0.05, 0.1) is 11.4 Å². The number of hydrogen-bond acceptors (Lipinski definition) is 4. The molecule has 0 saturated heterocycles. The van der Waals surface area contributed by atoms with E-state index in [1.54, 1.807) is 30.4 Å². The van der Waals surface area contributed by atoms with Gasteiger partial charge < -0.3 is 5.32 Å². The molecule has 0 unspecified atom stereocenters. The van der Waals surface area contributed by atoms with Crippen molar-refractivity contribution in [3.63, 3.8) is 0 Å². The van der Waals surface area contributed by atoms with Gasteiger partial charge in [-0.2, -0.15) is 11.3 Å². The first-order valence-electron chi connectivity index (χ1n) is 8.81. The molecule has 1 heterocycles. The van der Waals surface area contributed by atoms with Crippen LogP contribution in [-0.2, 0) is 21.4 Å². The fourth-order valence-electron chi connectivity index (χ4n) is 2.87.